The SMILES string of the molecule is O=C(Nc1cccc(NC(=O)c2ccco2)c1)Nc1ccccc1F. The molecule has 25 heavy (non-hydrogen) atoms. The van der Waals surface area contributed by atoms with E-state index in [1.165, 1.54) is 24.5 Å². The number of anilines is 3. The van der Waals surface area contributed by atoms with Crippen LogP contribution in [0.15, 0.2) is 71.3 Å². The van der Waals surface area contributed by atoms with Crippen LogP contribution < -0.4 is 16.0 Å². The van der Waals surface area contributed by atoms with Crippen LogP contribution >= 0.6 is 0 Å². The molecule has 0 radical (unpaired) electrons. The molecular formula is C18H14FN3O3. The number of carbonyl (C=O) groups is 2. The predicted octanol–water partition coefficient (Wildman–Crippen LogP) is 4.32. The van der Waals surface area contributed by atoms with Crippen LogP contribution in [-0.4, -0.2) is 11.9 Å². The molecule has 0 aliphatic heterocycles. The Bertz CT molecular complexity index is 894. The van der Waals surface area contributed by atoms with E-state index in [4.69, 9.17) is 4.42 Å². The third kappa shape index (κ3) is 4.23. The molecule has 0 unspecified atom stereocenters. The van der Waals surface area contributed by atoms with Crippen LogP contribution in [0.1, 0.15) is 10.6 Å². The average Bonchev–Trinajstić information content (AvgIpc) is 3.12. The summed E-state index contributed by atoms with van der Waals surface area (Å²) in [6.07, 6.45) is 1.40. The summed E-state index contributed by atoms with van der Waals surface area (Å²) in [7, 11) is 0. The summed E-state index contributed by atoms with van der Waals surface area (Å²) >= 11 is 0. The van der Waals surface area contributed by atoms with Crippen molar-refractivity contribution < 1.29 is 18.4 Å². The summed E-state index contributed by atoms with van der Waals surface area (Å²) in [5.41, 5.74) is 0.985. The molecule has 6 nitrogen and oxygen atoms in total. The van der Waals surface area contributed by atoms with Crippen molar-refractivity contribution in [2.45, 2.75) is 0 Å². The van der Waals surface area contributed by atoms with Crippen molar-refractivity contribution in [3.63, 3.8) is 0 Å². The van der Waals surface area contributed by atoms with Gasteiger partial charge < -0.3 is 20.4 Å². The molecule has 1 heterocycles. The highest BCUT2D eigenvalue weighted by Crippen LogP contribution is 2.17. The number of hydrogen-bond acceptors (Lipinski definition) is 3. The number of rotatable bonds is 4. The fraction of sp³-hybridized carbons (Fsp3) is 0. The molecule has 0 saturated heterocycles. The van der Waals surface area contributed by atoms with Crippen molar-refractivity contribution in [1.29, 1.82) is 0 Å². The Morgan fingerprint density at radius 2 is 1.60 bits per heavy atom. The smallest absolute Gasteiger partial charge is 0.323 e. The van der Waals surface area contributed by atoms with Gasteiger partial charge >= 0.3 is 6.03 Å². The van der Waals surface area contributed by atoms with E-state index < -0.39 is 17.8 Å². The van der Waals surface area contributed by atoms with Gasteiger partial charge in [0.15, 0.2) is 5.76 Å². The van der Waals surface area contributed by atoms with E-state index in [1.54, 1.807) is 42.5 Å². The van der Waals surface area contributed by atoms with Crippen LogP contribution in [0.5, 0.6) is 0 Å². The highest BCUT2D eigenvalue weighted by atomic mass is 19.1. The Kier molecular flexibility index (Phi) is 4.75. The third-order valence-corrected chi connectivity index (χ3v) is 3.25. The Balaban J connectivity index is 1.64. The molecule has 3 amide bonds. The Labute approximate surface area is 142 Å². The summed E-state index contributed by atoms with van der Waals surface area (Å²) in [5, 5.41) is 7.64. The summed E-state index contributed by atoms with van der Waals surface area (Å²) in [4.78, 5) is 23.9. The monoisotopic (exact) mass is 339 g/mol. The standard InChI is InChI=1S/C18H14FN3O3/c19-14-7-1-2-8-15(14)22-18(24)21-13-6-3-5-12(11-13)20-17(23)16-9-4-10-25-16/h1-11H,(H,20,23)(H2,21,22,24). The third-order valence-electron chi connectivity index (χ3n) is 3.25. The Morgan fingerprint density at radius 3 is 2.32 bits per heavy atom. The molecule has 0 spiro atoms. The topological polar surface area (TPSA) is 83.4 Å². The van der Waals surface area contributed by atoms with Crippen molar-refractivity contribution in [1.82, 2.24) is 0 Å². The zero-order valence-electron chi connectivity index (χ0n) is 13.0. The van der Waals surface area contributed by atoms with Gasteiger partial charge in [0.2, 0.25) is 0 Å². The molecule has 0 bridgehead atoms. The first-order valence-electron chi connectivity index (χ1n) is 7.39. The lowest BCUT2D eigenvalue weighted by molar-refractivity contribution is 0.0996. The van der Waals surface area contributed by atoms with E-state index in [2.05, 4.69) is 16.0 Å². The lowest BCUT2D eigenvalue weighted by Crippen LogP contribution is -2.20. The van der Waals surface area contributed by atoms with Gasteiger partial charge in [-0.1, -0.05) is 18.2 Å². The number of amides is 3. The van der Waals surface area contributed by atoms with Gasteiger partial charge in [-0.05, 0) is 42.5 Å². The van der Waals surface area contributed by atoms with E-state index in [-0.39, 0.29) is 11.4 Å². The van der Waals surface area contributed by atoms with Gasteiger partial charge in [-0.25, -0.2) is 9.18 Å². The summed E-state index contributed by atoms with van der Waals surface area (Å²) in [6, 6.07) is 14.9. The number of furan rings is 1. The van der Waals surface area contributed by atoms with Gasteiger partial charge in [0.1, 0.15) is 5.82 Å². The maximum absolute atomic E-state index is 13.5. The zero-order valence-corrected chi connectivity index (χ0v) is 13.0. The molecule has 3 aromatic rings. The van der Waals surface area contributed by atoms with Crippen molar-refractivity contribution in [3.05, 3.63) is 78.5 Å². The summed E-state index contributed by atoms with van der Waals surface area (Å²) in [6.45, 7) is 0. The van der Waals surface area contributed by atoms with Crippen molar-refractivity contribution in [3.8, 4) is 0 Å². The molecule has 7 heteroatoms. The Hall–Kier alpha value is -3.61. The van der Waals surface area contributed by atoms with Crippen LogP contribution in [0.2, 0.25) is 0 Å². The van der Waals surface area contributed by atoms with Gasteiger partial charge in [0, 0.05) is 11.4 Å². The van der Waals surface area contributed by atoms with Crippen LogP contribution in [0.25, 0.3) is 0 Å². The molecule has 0 aliphatic carbocycles. The Morgan fingerprint density at radius 1 is 0.840 bits per heavy atom. The molecule has 3 rings (SSSR count). The van der Waals surface area contributed by atoms with E-state index in [1.807, 2.05) is 0 Å². The number of halogens is 1. The zero-order chi connectivity index (χ0) is 17.6. The first-order valence-corrected chi connectivity index (χ1v) is 7.39. The minimum absolute atomic E-state index is 0.0716. The van der Waals surface area contributed by atoms with Crippen molar-refractivity contribution in [2.75, 3.05) is 16.0 Å². The normalized spacial score (nSPS) is 10.1. The van der Waals surface area contributed by atoms with Gasteiger partial charge in [-0.2, -0.15) is 0 Å². The average molecular weight is 339 g/mol. The summed E-state index contributed by atoms with van der Waals surface area (Å²) in [5.74, 6) is -0.759. The van der Waals surface area contributed by atoms with E-state index in [0.717, 1.165) is 0 Å². The van der Waals surface area contributed by atoms with Crippen LogP contribution in [0, 0.1) is 5.82 Å². The first-order chi connectivity index (χ1) is 12.1. The highest BCUT2D eigenvalue weighted by Gasteiger charge is 2.10. The maximum Gasteiger partial charge on any atom is 0.323 e. The lowest BCUT2D eigenvalue weighted by Gasteiger charge is -2.10. The molecule has 2 aromatic carbocycles. The molecular weight excluding hydrogens is 325 g/mol. The minimum atomic E-state index is -0.598. The molecule has 126 valence electrons. The molecule has 3 N–H and O–H groups in total. The van der Waals surface area contributed by atoms with Crippen LogP contribution in [-0.2, 0) is 0 Å². The molecule has 0 atom stereocenters. The second kappa shape index (κ2) is 7.31. The van der Waals surface area contributed by atoms with Crippen molar-refractivity contribution in [2.24, 2.45) is 0 Å². The second-order valence-corrected chi connectivity index (χ2v) is 5.07. The number of carbonyl (C=O) groups excluding carboxylic acids is 2. The van der Waals surface area contributed by atoms with Crippen molar-refractivity contribution >= 4 is 29.0 Å². The van der Waals surface area contributed by atoms with Crippen LogP contribution in [0.4, 0.5) is 26.2 Å². The second-order valence-electron chi connectivity index (χ2n) is 5.07. The van der Waals surface area contributed by atoms with E-state index in [0.29, 0.717) is 11.4 Å². The number of urea groups is 1. The molecule has 0 saturated carbocycles. The number of benzene rings is 2. The quantitative estimate of drug-likeness (QED) is 0.662. The number of para-hydroxylation sites is 1. The number of hydrogen-bond donors (Lipinski definition) is 3. The number of nitrogens with one attached hydrogen (secondary N) is 3. The lowest BCUT2D eigenvalue weighted by atomic mass is 10.2. The fourth-order valence-electron chi connectivity index (χ4n) is 2.12. The predicted molar refractivity (Wildman–Crippen MR) is 92.1 cm³/mol. The van der Waals surface area contributed by atoms with E-state index >= 15 is 0 Å². The summed E-state index contributed by atoms with van der Waals surface area (Å²) < 4.78 is 18.5. The van der Waals surface area contributed by atoms with Gasteiger partial charge in [-0.3, -0.25) is 4.79 Å². The van der Waals surface area contributed by atoms with E-state index in [9.17, 15) is 14.0 Å². The molecule has 0 fully saturated rings. The van der Waals surface area contributed by atoms with Gasteiger partial charge in [0.05, 0.1) is 12.0 Å². The van der Waals surface area contributed by atoms with Gasteiger partial charge in [0.25, 0.3) is 5.91 Å². The molecule has 0 aliphatic rings. The largest absolute Gasteiger partial charge is 0.459 e. The fourth-order valence-corrected chi connectivity index (χ4v) is 2.12. The first kappa shape index (κ1) is 16.3. The van der Waals surface area contributed by atoms with Gasteiger partial charge in [-0.15, -0.1) is 0 Å². The maximum atomic E-state index is 13.5. The van der Waals surface area contributed by atoms with Crippen LogP contribution in [0.3, 0.4) is 0 Å². The minimum Gasteiger partial charge on any atom is -0.459 e. The molecule has 1 aromatic heterocycles. The highest BCUT2D eigenvalue weighted by molar-refractivity contribution is 6.03.